The minimum absolute atomic E-state index is 0.0131. The van der Waals surface area contributed by atoms with E-state index in [4.69, 9.17) is 4.74 Å². The number of benzene rings is 1. The van der Waals surface area contributed by atoms with Gasteiger partial charge in [0.1, 0.15) is 35.1 Å². The summed E-state index contributed by atoms with van der Waals surface area (Å²) in [6.45, 7) is -0.820. The number of rotatable bonds is 7. The van der Waals surface area contributed by atoms with E-state index in [0.29, 0.717) is 21.7 Å². The number of carbonyl (C=O) groups is 1. The number of fused-ring (bicyclic) bond motifs is 1. The molecule has 176 valence electrons. The summed E-state index contributed by atoms with van der Waals surface area (Å²) in [4.78, 5) is 47.4. The molecule has 0 aliphatic heterocycles. The predicted molar refractivity (Wildman–Crippen MR) is 128 cm³/mol. The molecule has 4 rings (SSSR count). The fourth-order valence-electron chi connectivity index (χ4n) is 3.56. The lowest BCUT2D eigenvalue weighted by Gasteiger charge is -2.11. The van der Waals surface area contributed by atoms with E-state index in [-0.39, 0.29) is 30.1 Å². The first-order valence-electron chi connectivity index (χ1n) is 10.2. The second kappa shape index (κ2) is 9.61. The monoisotopic (exact) mass is 528 g/mol. The van der Waals surface area contributed by atoms with E-state index in [2.05, 4.69) is 31.2 Å². The van der Waals surface area contributed by atoms with Crippen molar-refractivity contribution in [3.8, 4) is 5.75 Å². The number of hydrogen-bond acceptors (Lipinski definition) is 7. The molecular formula is C22H21BrN6O5. The van der Waals surface area contributed by atoms with E-state index >= 15 is 0 Å². The van der Waals surface area contributed by atoms with Crippen molar-refractivity contribution >= 4 is 38.8 Å². The first kappa shape index (κ1) is 23.4. The van der Waals surface area contributed by atoms with Crippen LogP contribution < -0.4 is 21.3 Å². The van der Waals surface area contributed by atoms with E-state index in [9.17, 15) is 19.5 Å². The highest BCUT2D eigenvalue weighted by molar-refractivity contribution is 9.10. The Morgan fingerprint density at radius 2 is 1.85 bits per heavy atom. The molecular weight excluding hydrogens is 508 g/mol. The molecule has 2 N–H and O–H groups in total. The molecule has 0 radical (unpaired) electrons. The number of anilines is 1. The maximum atomic E-state index is 13.4. The quantitative estimate of drug-likeness (QED) is 0.344. The number of aliphatic hydroxyl groups excluding tert-OH is 1. The number of nitrogens with one attached hydrogen (secondary N) is 1. The Kier molecular flexibility index (Phi) is 6.61. The van der Waals surface area contributed by atoms with Gasteiger partial charge in [-0.25, -0.2) is 14.8 Å². The molecule has 0 atom stereocenters. The van der Waals surface area contributed by atoms with Gasteiger partial charge in [-0.1, -0.05) is 18.2 Å². The SMILES string of the molecule is COc1ccc(Cn2c(=O)c3c(nc(CO)n3CC(=O)Nc3cccc(Br)n3)n(C)c2=O)cc1. The van der Waals surface area contributed by atoms with Crippen LogP contribution in [0.25, 0.3) is 11.2 Å². The molecule has 0 saturated heterocycles. The van der Waals surface area contributed by atoms with Crippen molar-refractivity contribution in [2.75, 3.05) is 12.4 Å². The highest BCUT2D eigenvalue weighted by Crippen LogP contribution is 2.15. The van der Waals surface area contributed by atoms with Crippen molar-refractivity contribution in [2.24, 2.45) is 7.05 Å². The number of hydrogen-bond donors (Lipinski definition) is 2. The molecule has 0 saturated carbocycles. The maximum absolute atomic E-state index is 13.4. The zero-order chi connectivity index (χ0) is 24.4. The molecule has 4 aromatic rings. The van der Waals surface area contributed by atoms with Gasteiger partial charge in [-0.3, -0.25) is 18.7 Å². The number of nitrogens with zero attached hydrogens (tertiary/aromatic N) is 5. The van der Waals surface area contributed by atoms with Crippen LogP contribution in [-0.2, 0) is 31.5 Å². The van der Waals surface area contributed by atoms with Gasteiger partial charge >= 0.3 is 5.69 Å². The summed E-state index contributed by atoms with van der Waals surface area (Å²) < 4.78 is 9.30. The molecule has 3 heterocycles. The first-order valence-corrected chi connectivity index (χ1v) is 11.0. The minimum Gasteiger partial charge on any atom is -0.497 e. The Bertz CT molecular complexity index is 1490. The zero-order valence-electron chi connectivity index (χ0n) is 18.4. The number of aliphatic hydroxyl groups is 1. The normalized spacial score (nSPS) is 11.1. The van der Waals surface area contributed by atoms with Crippen LogP contribution >= 0.6 is 15.9 Å². The first-order chi connectivity index (χ1) is 16.3. The summed E-state index contributed by atoms with van der Waals surface area (Å²) in [5, 5.41) is 12.5. The number of methoxy groups -OCH3 is 1. The van der Waals surface area contributed by atoms with E-state index in [0.717, 1.165) is 4.57 Å². The number of halogens is 1. The maximum Gasteiger partial charge on any atom is 0.332 e. The smallest absolute Gasteiger partial charge is 0.332 e. The second-order valence-corrected chi connectivity index (χ2v) is 8.23. The van der Waals surface area contributed by atoms with Crippen molar-refractivity contribution in [3.05, 3.63) is 79.3 Å². The van der Waals surface area contributed by atoms with Crippen LogP contribution in [0.5, 0.6) is 5.75 Å². The molecule has 0 aliphatic carbocycles. The number of carbonyl (C=O) groups excluding carboxylic acids is 1. The predicted octanol–water partition coefficient (Wildman–Crippen LogP) is 1.24. The highest BCUT2D eigenvalue weighted by Gasteiger charge is 2.21. The third-order valence-electron chi connectivity index (χ3n) is 5.24. The van der Waals surface area contributed by atoms with Gasteiger partial charge in [0.2, 0.25) is 5.91 Å². The molecule has 0 spiro atoms. The van der Waals surface area contributed by atoms with E-state index < -0.39 is 23.8 Å². The zero-order valence-corrected chi connectivity index (χ0v) is 19.9. The molecule has 11 nitrogen and oxygen atoms in total. The molecule has 1 amide bonds. The Hall–Kier alpha value is -3.77. The molecule has 0 bridgehead atoms. The number of imidazole rings is 1. The van der Waals surface area contributed by atoms with E-state index in [1.54, 1.807) is 49.6 Å². The number of amides is 1. The summed E-state index contributed by atoms with van der Waals surface area (Å²) in [6, 6.07) is 12.0. The van der Waals surface area contributed by atoms with Gasteiger partial charge in [0, 0.05) is 7.05 Å². The Balaban J connectivity index is 1.76. The average molecular weight is 529 g/mol. The molecule has 0 aliphatic rings. The molecule has 0 unspecified atom stereocenters. The molecule has 1 aromatic carbocycles. The molecule has 0 fully saturated rings. The summed E-state index contributed by atoms with van der Waals surface area (Å²) in [5.74, 6) is 0.575. The summed E-state index contributed by atoms with van der Waals surface area (Å²) in [5.41, 5.74) is -0.346. The number of aryl methyl sites for hydroxylation is 1. The van der Waals surface area contributed by atoms with Crippen LogP contribution in [0.2, 0.25) is 0 Å². The topological polar surface area (TPSA) is 133 Å². The van der Waals surface area contributed by atoms with E-state index in [1.165, 1.54) is 16.2 Å². The average Bonchev–Trinajstić information content (AvgIpc) is 3.19. The lowest BCUT2D eigenvalue weighted by atomic mass is 10.2. The van der Waals surface area contributed by atoms with Crippen LogP contribution in [0, 0.1) is 0 Å². The van der Waals surface area contributed by atoms with Crippen molar-refractivity contribution in [3.63, 3.8) is 0 Å². The van der Waals surface area contributed by atoms with Gasteiger partial charge in [0.25, 0.3) is 5.56 Å². The third-order valence-corrected chi connectivity index (χ3v) is 5.68. The summed E-state index contributed by atoms with van der Waals surface area (Å²) in [6.07, 6.45) is 0. The Labute approximate surface area is 201 Å². The number of ether oxygens (including phenoxy) is 1. The van der Waals surface area contributed by atoms with Gasteiger partial charge < -0.3 is 19.7 Å². The fraction of sp³-hybridized carbons (Fsp3) is 0.227. The Morgan fingerprint density at radius 1 is 1.12 bits per heavy atom. The van der Waals surface area contributed by atoms with Crippen molar-refractivity contribution in [1.29, 1.82) is 0 Å². The van der Waals surface area contributed by atoms with Crippen molar-refractivity contribution in [1.82, 2.24) is 23.7 Å². The van der Waals surface area contributed by atoms with Gasteiger partial charge in [-0.05, 0) is 45.8 Å². The Morgan fingerprint density at radius 3 is 2.50 bits per heavy atom. The standard InChI is InChI=1S/C22H21BrN6O5/c1-27-20-19(21(32)29(22(27)33)10-13-6-8-14(34-2)9-7-13)28(17(12-30)26-20)11-18(31)25-16-5-3-4-15(23)24-16/h3-9,30H,10-12H2,1-2H3,(H,24,25,31). The van der Waals surface area contributed by atoms with Crippen LogP contribution in [-0.4, -0.2) is 41.8 Å². The van der Waals surface area contributed by atoms with Crippen LogP contribution in [0.15, 0.2) is 56.7 Å². The van der Waals surface area contributed by atoms with Gasteiger partial charge in [0.15, 0.2) is 11.2 Å². The fourth-order valence-corrected chi connectivity index (χ4v) is 3.91. The molecule has 3 aromatic heterocycles. The van der Waals surface area contributed by atoms with Gasteiger partial charge in [0.05, 0.1) is 13.7 Å². The van der Waals surface area contributed by atoms with E-state index in [1.807, 2.05) is 0 Å². The molecule has 34 heavy (non-hydrogen) atoms. The van der Waals surface area contributed by atoms with Gasteiger partial charge in [-0.2, -0.15) is 0 Å². The largest absolute Gasteiger partial charge is 0.497 e. The highest BCUT2D eigenvalue weighted by atomic mass is 79.9. The van der Waals surface area contributed by atoms with Gasteiger partial charge in [-0.15, -0.1) is 0 Å². The number of pyridine rings is 1. The lowest BCUT2D eigenvalue weighted by molar-refractivity contribution is -0.116. The third kappa shape index (κ3) is 4.50. The second-order valence-electron chi connectivity index (χ2n) is 7.42. The molecule has 12 heteroatoms. The number of aromatic nitrogens is 5. The minimum atomic E-state index is -0.616. The van der Waals surface area contributed by atoms with Crippen molar-refractivity contribution < 1.29 is 14.6 Å². The summed E-state index contributed by atoms with van der Waals surface area (Å²) >= 11 is 3.24. The van der Waals surface area contributed by atoms with Crippen LogP contribution in [0.3, 0.4) is 0 Å². The van der Waals surface area contributed by atoms with Crippen LogP contribution in [0.4, 0.5) is 5.82 Å². The van der Waals surface area contributed by atoms with Crippen molar-refractivity contribution in [2.45, 2.75) is 19.7 Å². The van der Waals surface area contributed by atoms with Crippen LogP contribution in [0.1, 0.15) is 11.4 Å². The lowest BCUT2D eigenvalue weighted by Crippen LogP contribution is -2.40. The summed E-state index contributed by atoms with van der Waals surface area (Å²) in [7, 11) is 3.03.